The third kappa shape index (κ3) is 6.85. The third-order valence-electron chi connectivity index (χ3n) is 5.33. The lowest BCUT2D eigenvalue weighted by Crippen LogP contribution is -2.47. The van der Waals surface area contributed by atoms with Crippen LogP contribution in [-0.2, 0) is 4.79 Å². The number of hydrogen-bond donors (Lipinski definition) is 2. The summed E-state index contributed by atoms with van der Waals surface area (Å²) in [6.45, 7) is 10.6. The van der Waals surface area contributed by atoms with Crippen LogP contribution in [0.5, 0.6) is 0 Å². The average molecular weight is 403 g/mol. The van der Waals surface area contributed by atoms with E-state index in [0.717, 1.165) is 90.1 Å². The fourth-order valence-electron chi connectivity index (χ4n) is 3.69. The summed E-state index contributed by atoms with van der Waals surface area (Å²) in [5.74, 6) is 1.68. The number of rotatable bonds is 8. The number of carbonyl (C=O) groups is 1. The van der Waals surface area contributed by atoms with Crippen LogP contribution in [0.4, 0.5) is 5.95 Å². The molecule has 0 bridgehead atoms. The Bertz CT molecular complexity index is 639. The third-order valence-corrected chi connectivity index (χ3v) is 5.33. The monoisotopic (exact) mass is 402 g/mol. The van der Waals surface area contributed by atoms with Crippen LogP contribution < -0.4 is 15.5 Å². The van der Waals surface area contributed by atoms with Gasteiger partial charge in [0.25, 0.3) is 0 Å². The number of nitrogens with zero attached hydrogens (tertiary/aromatic N) is 6. The van der Waals surface area contributed by atoms with E-state index in [0.29, 0.717) is 0 Å². The molecule has 0 radical (unpaired) electrons. The van der Waals surface area contributed by atoms with Crippen molar-refractivity contribution in [2.75, 3.05) is 70.3 Å². The lowest BCUT2D eigenvalue weighted by molar-refractivity contribution is -0.128. The normalized spacial score (nSPS) is 18.2. The molecular formula is C20H34N8O. The minimum atomic E-state index is 0.125. The topological polar surface area (TPSA) is 89.0 Å². The second-order valence-corrected chi connectivity index (χ2v) is 7.44. The van der Waals surface area contributed by atoms with Crippen molar-refractivity contribution in [1.29, 1.82) is 0 Å². The molecule has 2 aliphatic heterocycles. The molecule has 2 N–H and O–H groups in total. The minimum Gasteiger partial charge on any atom is -0.357 e. The van der Waals surface area contributed by atoms with Crippen LogP contribution in [0.3, 0.4) is 0 Å². The molecule has 0 atom stereocenters. The van der Waals surface area contributed by atoms with Gasteiger partial charge in [0.1, 0.15) is 6.54 Å². The van der Waals surface area contributed by atoms with Gasteiger partial charge in [-0.2, -0.15) is 0 Å². The number of amides is 1. The average Bonchev–Trinajstić information content (AvgIpc) is 3.31. The molecule has 9 heteroatoms. The first-order valence-corrected chi connectivity index (χ1v) is 10.8. The van der Waals surface area contributed by atoms with Gasteiger partial charge in [0.05, 0.1) is 0 Å². The zero-order chi connectivity index (χ0) is 20.3. The molecule has 1 aromatic heterocycles. The van der Waals surface area contributed by atoms with Crippen molar-refractivity contribution in [3.63, 3.8) is 0 Å². The molecule has 0 unspecified atom stereocenters. The highest BCUT2D eigenvalue weighted by Gasteiger charge is 2.19. The number of piperazine rings is 1. The number of carbonyl (C=O) groups excluding carboxylic acids is 1. The Morgan fingerprint density at radius 3 is 2.48 bits per heavy atom. The largest absolute Gasteiger partial charge is 0.357 e. The molecule has 2 saturated heterocycles. The van der Waals surface area contributed by atoms with Crippen molar-refractivity contribution >= 4 is 17.8 Å². The maximum Gasteiger partial charge on any atom is 0.244 e. The number of nitrogens with one attached hydrogen (secondary N) is 2. The lowest BCUT2D eigenvalue weighted by atomic mass is 10.3. The van der Waals surface area contributed by atoms with Gasteiger partial charge in [-0.05, 0) is 38.8 Å². The molecule has 29 heavy (non-hydrogen) atoms. The van der Waals surface area contributed by atoms with Crippen molar-refractivity contribution in [2.24, 2.45) is 4.99 Å². The van der Waals surface area contributed by atoms with E-state index in [1.54, 1.807) is 12.4 Å². The van der Waals surface area contributed by atoms with Crippen LogP contribution >= 0.6 is 0 Å². The zero-order valence-corrected chi connectivity index (χ0v) is 17.5. The molecule has 0 aromatic carbocycles. The number of anilines is 1. The fourth-order valence-corrected chi connectivity index (χ4v) is 3.69. The van der Waals surface area contributed by atoms with Gasteiger partial charge >= 0.3 is 0 Å². The molecule has 3 rings (SSSR count). The summed E-state index contributed by atoms with van der Waals surface area (Å²) in [6, 6.07) is 1.85. The summed E-state index contributed by atoms with van der Waals surface area (Å²) in [5, 5.41) is 6.58. The predicted octanol–water partition coefficient (Wildman–Crippen LogP) is 0.166. The van der Waals surface area contributed by atoms with E-state index in [2.05, 4.69) is 35.4 Å². The number of aliphatic imine (C=N–C) groups is 1. The standard InChI is InChI=1S/C20H34N8O/c1-2-21-19(25-17-18(29)27-11-3-4-12-27)22-9-6-10-26-13-15-28(16-14-26)20-23-7-5-8-24-20/h5,7-8H,2-4,6,9-17H2,1H3,(H2,21,22,25). The highest BCUT2D eigenvalue weighted by molar-refractivity contribution is 5.85. The Labute approximate surface area is 173 Å². The molecule has 160 valence electrons. The summed E-state index contributed by atoms with van der Waals surface area (Å²) in [4.78, 5) is 31.9. The Balaban J connectivity index is 1.33. The van der Waals surface area contributed by atoms with Gasteiger partial charge in [-0.1, -0.05) is 0 Å². The van der Waals surface area contributed by atoms with Gasteiger partial charge in [-0.25, -0.2) is 15.0 Å². The zero-order valence-electron chi connectivity index (χ0n) is 17.5. The Hall–Kier alpha value is -2.42. The molecule has 0 aliphatic carbocycles. The number of aromatic nitrogens is 2. The van der Waals surface area contributed by atoms with E-state index in [1.807, 2.05) is 17.9 Å². The summed E-state index contributed by atoms with van der Waals surface area (Å²) < 4.78 is 0. The highest BCUT2D eigenvalue weighted by atomic mass is 16.2. The molecule has 1 amide bonds. The van der Waals surface area contributed by atoms with Crippen molar-refractivity contribution < 1.29 is 4.79 Å². The van der Waals surface area contributed by atoms with E-state index >= 15 is 0 Å². The Morgan fingerprint density at radius 1 is 1.07 bits per heavy atom. The van der Waals surface area contributed by atoms with Gasteiger partial charge < -0.3 is 20.4 Å². The maximum atomic E-state index is 12.2. The quantitative estimate of drug-likeness (QED) is 0.364. The van der Waals surface area contributed by atoms with E-state index in [-0.39, 0.29) is 12.5 Å². The van der Waals surface area contributed by atoms with Gasteiger partial charge in [0, 0.05) is 64.8 Å². The SMILES string of the molecule is CCNC(=NCC(=O)N1CCCC1)NCCCN1CCN(c2ncccn2)CC1. The second kappa shape index (κ2) is 11.5. The maximum absolute atomic E-state index is 12.2. The summed E-state index contributed by atoms with van der Waals surface area (Å²) in [6.07, 6.45) is 6.85. The molecule has 3 heterocycles. The van der Waals surface area contributed by atoms with Crippen LogP contribution in [-0.4, -0.2) is 97.1 Å². The molecule has 1 aromatic rings. The van der Waals surface area contributed by atoms with Crippen LogP contribution in [0.1, 0.15) is 26.2 Å². The second-order valence-electron chi connectivity index (χ2n) is 7.44. The van der Waals surface area contributed by atoms with Crippen molar-refractivity contribution in [3.8, 4) is 0 Å². The Morgan fingerprint density at radius 2 is 1.79 bits per heavy atom. The van der Waals surface area contributed by atoms with Crippen molar-refractivity contribution in [3.05, 3.63) is 18.5 Å². The first-order valence-electron chi connectivity index (χ1n) is 10.8. The van der Waals surface area contributed by atoms with Crippen LogP contribution in [0.2, 0.25) is 0 Å². The van der Waals surface area contributed by atoms with Gasteiger partial charge in [-0.15, -0.1) is 0 Å². The van der Waals surface area contributed by atoms with E-state index in [1.165, 1.54) is 0 Å². The molecule has 2 aliphatic rings. The molecule has 2 fully saturated rings. The lowest BCUT2D eigenvalue weighted by Gasteiger charge is -2.34. The first-order chi connectivity index (χ1) is 14.3. The molecular weight excluding hydrogens is 368 g/mol. The van der Waals surface area contributed by atoms with E-state index < -0.39 is 0 Å². The van der Waals surface area contributed by atoms with Crippen molar-refractivity contribution in [1.82, 2.24) is 30.4 Å². The fraction of sp³-hybridized carbons (Fsp3) is 0.700. The summed E-state index contributed by atoms with van der Waals surface area (Å²) >= 11 is 0. The smallest absolute Gasteiger partial charge is 0.244 e. The van der Waals surface area contributed by atoms with Crippen molar-refractivity contribution in [2.45, 2.75) is 26.2 Å². The van der Waals surface area contributed by atoms with Crippen LogP contribution in [0.25, 0.3) is 0 Å². The number of guanidine groups is 1. The van der Waals surface area contributed by atoms with Crippen LogP contribution in [0, 0.1) is 0 Å². The molecule has 0 saturated carbocycles. The Kier molecular flexibility index (Phi) is 8.48. The van der Waals surface area contributed by atoms with Gasteiger partial charge in [0.15, 0.2) is 5.96 Å². The molecule has 9 nitrogen and oxygen atoms in total. The van der Waals surface area contributed by atoms with Gasteiger partial charge in [-0.3, -0.25) is 9.69 Å². The summed E-state index contributed by atoms with van der Waals surface area (Å²) in [5.41, 5.74) is 0. The highest BCUT2D eigenvalue weighted by Crippen LogP contribution is 2.09. The first kappa shape index (κ1) is 21.3. The molecule has 0 spiro atoms. The van der Waals surface area contributed by atoms with E-state index in [9.17, 15) is 4.79 Å². The van der Waals surface area contributed by atoms with E-state index in [4.69, 9.17) is 0 Å². The summed E-state index contributed by atoms with van der Waals surface area (Å²) in [7, 11) is 0. The minimum absolute atomic E-state index is 0.125. The van der Waals surface area contributed by atoms with Gasteiger partial charge in [0.2, 0.25) is 11.9 Å². The predicted molar refractivity (Wildman–Crippen MR) is 115 cm³/mol. The number of hydrogen-bond acceptors (Lipinski definition) is 6. The van der Waals surface area contributed by atoms with Crippen LogP contribution in [0.15, 0.2) is 23.5 Å². The number of likely N-dealkylation sites (tertiary alicyclic amines) is 1.